The lowest BCUT2D eigenvalue weighted by atomic mass is 9.96. The highest BCUT2D eigenvalue weighted by Gasteiger charge is 2.22. The van der Waals surface area contributed by atoms with E-state index in [1.54, 1.807) is 5.38 Å². The Kier molecular flexibility index (Phi) is 5.55. The molecule has 1 amide bonds. The van der Waals surface area contributed by atoms with Gasteiger partial charge >= 0.3 is 0 Å². The van der Waals surface area contributed by atoms with Crippen LogP contribution in [0.3, 0.4) is 0 Å². The van der Waals surface area contributed by atoms with Crippen LogP contribution in [0.5, 0.6) is 0 Å². The Bertz CT molecular complexity index is 1250. The fraction of sp³-hybridized carbons (Fsp3) is 0.250. The van der Waals surface area contributed by atoms with Gasteiger partial charge in [-0.05, 0) is 49.6 Å². The number of carbonyl (C=O) groups excluding carboxylic acids is 1. The van der Waals surface area contributed by atoms with Gasteiger partial charge < -0.3 is 26.7 Å². The predicted octanol–water partition coefficient (Wildman–Crippen LogP) is 4.30. The zero-order valence-electron chi connectivity index (χ0n) is 17.7. The quantitative estimate of drug-likeness (QED) is 0.341. The van der Waals surface area contributed by atoms with Crippen molar-refractivity contribution in [2.75, 3.05) is 35.6 Å². The lowest BCUT2D eigenvalue weighted by Crippen LogP contribution is -2.36. The number of thiazole rings is 1. The van der Waals surface area contributed by atoms with E-state index in [1.807, 2.05) is 42.6 Å². The second-order valence-corrected chi connectivity index (χ2v) is 9.04. The second kappa shape index (κ2) is 8.64. The first kappa shape index (κ1) is 20.5. The Morgan fingerprint density at radius 1 is 1.22 bits per heavy atom. The molecule has 0 bridgehead atoms. The number of amides is 1. The summed E-state index contributed by atoms with van der Waals surface area (Å²) in [7, 11) is 0. The van der Waals surface area contributed by atoms with E-state index in [9.17, 15) is 4.79 Å². The Labute approximate surface area is 190 Å². The first-order valence-electron chi connectivity index (χ1n) is 10.8. The molecule has 1 saturated heterocycles. The molecule has 164 valence electrons. The summed E-state index contributed by atoms with van der Waals surface area (Å²) >= 11 is 1.46. The molecular formula is C24H26N6OS. The van der Waals surface area contributed by atoms with Crippen LogP contribution in [-0.2, 0) is 0 Å². The number of nitrogens with zero attached hydrogens (tertiary/aromatic N) is 2. The van der Waals surface area contributed by atoms with Crippen LogP contribution in [0.15, 0.2) is 54.0 Å². The van der Waals surface area contributed by atoms with Crippen molar-refractivity contribution >= 4 is 45.2 Å². The van der Waals surface area contributed by atoms with Crippen molar-refractivity contribution in [3.8, 4) is 10.6 Å². The number of nitrogens with one attached hydrogen (secondary N) is 2. The van der Waals surface area contributed by atoms with Gasteiger partial charge in [0.2, 0.25) is 0 Å². The van der Waals surface area contributed by atoms with E-state index in [1.165, 1.54) is 11.3 Å². The maximum atomic E-state index is 13.1. The molecule has 6 N–H and O–H groups in total. The van der Waals surface area contributed by atoms with Crippen LogP contribution in [0.25, 0.3) is 21.5 Å². The molecule has 1 aliphatic heterocycles. The zero-order valence-corrected chi connectivity index (χ0v) is 18.5. The fourth-order valence-corrected chi connectivity index (χ4v) is 5.11. The number of aromatic amines is 1. The number of rotatable bonds is 5. The molecule has 0 atom stereocenters. The summed E-state index contributed by atoms with van der Waals surface area (Å²) in [6.07, 6.45) is 4.04. The minimum atomic E-state index is -0.240. The number of aromatic nitrogens is 2. The third-order valence-corrected chi connectivity index (χ3v) is 6.99. The smallest absolute Gasteiger partial charge is 0.275 e. The second-order valence-electron chi connectivity index (χ2n) is 8.18. The molecule has 32 heavy (non-hydrogen) atoms. The van der Waals surface area contributed by atoms with Gasteiger partial charge in [-0.25, -0.2) is 4.98 Å². The highest BCUT2D eigenvalue weighted by Crippen LogP contribution is 2.33. The number of nitrogen functional groups attached to an aromatic ring is 1. The van der Waals surface area contributed by atoms with Gasteiger partial charge in [0.05, 0.1) is 11.4 Å². The van der Waals surface area contributed by atoms with Crippen LogP contribution >= 0.6 is 11.3 Å². The Morgan fingerprint density at radius 2 is 2.03 bits per heavy atom. The van der Waals surface area contributed by atoms with Crippen molar-refractivity contribution in [2.45, 2.75) is 12.8 Å². The number of hydrogen-bond donors (Lipinski definition) is 4. The van der Waals surface area contributed by atoms with Gasteiger partial charge in [0.1, 0.15) is 10.7 Å². The maximum Gasteiger partial charge on any atom is 0.275 e. The standard InChI is InChI=1S/C24H26N6OS/c25-12-15-7-9-30(10-8-15)22-6-5-16(26)11-20(22)28-23(31)21-14-32-24(29-21)18-13-27-19-4-2-1-3-17(18)19/h1-6,11,13-15,27H,7-10,12,25-26H2,(H,28,31). The number of para-hydroxylation sites is 1. The van der Waals surface area contributed by atoms with Crippen LogP contribution < -0.4 is 21.7 Å². The molecule has 0 saturated carbocycles. The minimum Gasteiger partial charge on any atom is -0.399 e. The normalized spacial score (nSPS) is 14.7. The molecule has 2 aromatic heterocycles. The van der Waals surface area contributed by atoms with E-state index in [0.717, 1.165) is 59.6 Å². The van der Waals surface area contributed by atoms with Gasteiger partial charge in [-0.1, -0.05) is 18.2 Å². The third-order valence-electron chi connectivity index (χ3n) is 6.11. The molecule has 4 aromatic rings. The van der Waals surface area contributed by atoms with Crippen molar-refractivity contribution in [3.63, 3.8) is 0 Å². The number of piperidine rings is 1. The molecule has 1 aliphatic rings. The molecular weight excluding hydrogens is 420 g/mol. The lowest BCUT2D eigenvalue weighted by molar-refractivity contribution is 0.102. The van der Waals surface area contributed by atoms with Gasteiger partial charge in [0.15, 0.2) is 0 Å². The predicted molar refractivity (Wildman–Crippen MR) is 132 cm³/mol. The molecule has 2 aromatic carbocycles. The van der Waals surface area contributed by atoms with Crippen LogP contribution in [0.4, 0.5) is 17.1 Å². The van der Waals surface area contributed by atoms with E-state index in [0.29, 0.717) is 23.0 Å². The van der Waals surface area contributed by atoms with Gasteiger partial charge in [0.25, 0.3) is 5.91 Å². The van der Waals surface area contributed by atoms with E-state index in [2.05, 4.69) is 26.3 Å². The van der Waals surface area contributed by atoms with Gasteiger partial charge in [-0.3, -0.25) is 4.79 Å². The van der Waals surface area contributed by atoms with Crippen LogP contribution in [-0.4, -0.2) is 35.5 Å². The summed E-state index contributed by atoms with van der Waals surface area (Å²) in [4.78, 5) is 23.2. The Morgan fingerprint density at radius 3 is 2.84 bits per heavy atom. The van der Waals surface area contributed by atoms with Crippen LogP contribution in [0, 0.1) is 5.92 Å². The monoisotopic (exact) mass is 446 g/mol. The molecule has 1 fully saturated rings. The van der Waals surface area contributed by atoms with Crippen molar-refractivity contribution in [1.82, 2.24) is 9.97 Å². The fourth-order valence-electron chi connectivity index (χ4n) is 4.28. The third kappa shape index (κ3) is 3.94. The molecule has 0 spiro atoms. The molecule has 5 rings (SSSR count). The first-order valence-corrected chi connectivity index (χ1v) is 11.7. The summed E-state index contributed by atoms with van der Waals surface area (Å²) in [6, 6.07) is 13.7. The van der Waals surface area contributed by atoms with Crippen LogP contribution in [0.2, 0.25) is 0 Å². The van der Waals surface area contributed by atoms with E-state index < -0.39 is 0 Å². The highest BCUT2D eigenvalue weighted by molar-refractivity contribution is 7.13. The maximum absolute atomic E-state index is 13.1. The van der Waals surface area contributed by atoms with Crippen molar-refractivity contribution in [1.29, 1.82) is 0 Å². The summed E-state index contributed by atoms with van der Waals surface area (Å²) in [5.41, 5.74) is 16.6. The summed E-state index contributed by atoms with van der Waals surface area (Å²) in [5.74, 6) is 0.326. The van der Waals surface area contributed by atoms with Crippen LogP contribution in [0.1, 0.15) is 23.3 Å². The Balaban J connectivity index is 1.37. The minimum absolute atomic E-state index is 0.240. The molecule has 0 radical (unpaired) electrons. The zero-order chi connectivity index (χ0) is 22.1. The van der Waals surface area contributed by atoms with E-state index in [4.69, 9.17) is 11.5 Å². The first-order chi connectivity index (χ1) is 15.6. The van der Waals surface area contributed by atoms with Gasteiger partial charge in [0, 0.05) is 46.8 Å². The average molecular weight is 447 g/mol. The summed E-state index contributed by atoms with van der Waals surface area (Å²) in [5, 5.41) is 6.73. The number of carbonyl (C=O) groups is 1. The van der Waals surface area contributed by atoms with E-state index in [-0.39, 0.29) is 5.91 Å². The van der Waals surface area contributed by atoms with Gasteiger partial charge in [-0.2, -0.15) is 0 Å². The van der Waals surface area contributed by atoms with Gasteiger partial charge in [-0.15, -0.1) is 11.3 Å². The average Bonchev–Trinajstić information content (AvgIpc) is 3.47. The SMILES string of the molecule is NCC1CCN(c2ccc(N)cc2NC(=O)c2csc(-c3c[nH]c4ccccc34)n2)CC1. The van der Waals surface area contributed by atoms with E-state index >= 15 is 0 Å². The molecule has 0 aliphatic carbocycles. The molecule has 3 heterocycles. The number of nitrogens with two attached hydrogens (primary N) is 2. The number of anilines is 3. The highest BCUT2D eigenvalue weighted by atomic mass is 32.1. The number of hydrogen-bond acceptors (Lipinski definition) is 6. The van der Waals surface area contributed by atoms with Crippen molar-refractivity contribution in [3.05, 3.63) is 59.7 Å². The van der Waals surface area contributed by atoms with Crippen molar-refractivity contribution < 1.29 is 4.79 Å². The lowest BCUT2D eigenvalue weighted by Gasteiger charge is -2.34. The molecule has 0 unspecified atom stereocenters. The summed E-state index contributed by atoms with van der Waals surface area (Å²) in [6.45, 7) is 2.55. The van der Waals surface area contributed by atoms with Crippen molar-refractivity contribution in [2.24, 2.45) is 11.7 Å². The number of benzene rings is 2. The number of H-pyrrole nitrogens is 1. The number of fused-ring (bicyclic) bond motifs is 1. The molecule has 8 heteroatoms. The largest absolute Gasteiger partial charge is 0.399 e. The molecule has 7 nitrogen and oxygen atoms in total. The summed E-state index contributed by atoms with van der Waals surface area (Å²) < 4.78 is 0. The topological polar surface area (TPSA) is 113 Å². The Hall–Kier alpha value is -3.36.